The molecule has 156 valence electrons. The number of amides is 2. The standard InChI is InChI=1S/C22H22F2N4O2/c1-22(2,13-25)14-3-6-16(7-4-14)26-20(29)21(30)27-17-9-10-28(12-17)19-8-5-15(23)11-18(19)24/h3-8,11,17H,9-10,12H2,1-2H3,(H,26,29)(H,27,30). The van der Waals surface area contributed by atoms with Crippen LogP contribution in [0.25, 0.3) is 0 Å². The molecule has 8 heteroatoms. The number of carbonyl (C=O) groups excluding carboxylic acids is 2. The lowest BCUT2D eigenvalue weighted by atomic mass is 9.86. The minimum atomic E-state index is -0.811. The highest BCUT2D eigenvalue weighted by Crippen LogP contribution is 2.25. The second kappa shape index (κ2) is 8.49. The van der Waals surface area contributed by atoms with Crippen LogP contribution < -0.4 is 15.5 Å². The van der Waals surface area contributed by atoms with Gasteiger partial charge in [-0.1, -0.05) is 12.1 Å². The lowest BCUT2D eigenvalue weighted by Gasteiger charge is -2.19. The molecule has 2 amide bonds. The molecule has 1 fully saturated rings. The van der Waals surface area contributed by atoms with Crippen LogP contribution in [0.2, 0.25) is 0 Å². The van der Waals surface area contributed by atoms with Crippen LogP contribution in [0.15, 0.2) is 42.5 Å². The summed E-state index contributed by atoms with van der Waals surface area (Å²) in [5, 5.41) is 14.3. The summed E-state index contributed by atoms with van der Waals surface area (Å²) in [4.78, 5) is 26.1. The number of nitriles is 1. The van der Waals surface area contributed by atoms with Crippen LogP contribution in [0, 0.1) is 23.0 Å². The van der Waals surface area contributed by atoms with E-state index in [2.05, 4.69) is 16.7 Å². The van der Waals surface area contributed by atoms with E-state index >= 15 is 0 Å². The maximum absolute atomic E-state index is 13.9. The zero-order chi connectivity index (χ0) is 21.9. The summed E-state index contributed by atoms with van der Waals surface area (Å²) in [6, 6.07) is 11.9. The smallest absolute Gasteiger partial charge is 0.313 e. The fourth-order valence-electron chi connectivity index (χ4n) is 3.31. The minimum absolute atomic E-state index is 0.262. The lowest BCUT2D eigenvalue weighted by molar-refractivity contribution is -0.136. The van der Waals surface area contributed by atoms with Crippen molar-refractivity contribution < 1.29 is 18.4 Å². The Labute approximate surface area is 173 Å². The van der Waals surface area contributed by atoms with Gasteiger partial charge in [0.25, 0.3) is 0 Å². The largest absolute Gasteiger partial charge is 0.367 e. The topological polar surface area (TPSA) is 85.2 Å². The summed E-state index contributed by atoms with van der Waals surface area (Å²) in [5.41, 5.74) is 0.844. The van der Waals surface area contributed by atoms with Gasteiger partial charge in [-0.2, -0.15) is 5.26 Å². The molecule has 1 atom stereocenters. The summed E-state index contributed by atoms with van der Waals surface area (Å²) in [7, 11) is 0. The van der Waals surface area contributed by atoms with Crippen LogP contribution in [-0.4, -0.2) is 30.9 Å². The summed E-state index contributed by atoms with van der Waals surface area (Å²) in [6.07, 6.45) is 0.535. The Bertz CT molecular complexity index is 999. The second-order valence-electron chi connectivity index (χ2n) is 7.77. The van der Waals surface area contributed by atoms with Crippen LogP contribution in [0.5, 0.6) is 0 Å². The first-order chi connectivity index (χ1) is 14.2. The first-order valence-corrected chi connectivity index (χ1v) is 9.53. The van der Waals surface area contributed by atoms with Crippen LogP contribution in [-0.2, 0) is 15.0 Å². The van der Waals surface area contributed by atoms with Gasteiger partial charge in [-0.05, 0) is 50.1 Å². The molecule has 6 nitrogen and oxygen atoms in total. The Hall–Kier alpha value is -3.47. The summed E-state index contributed by atoms with van der Waals surface area (Å²) in [6.45, 7) is 4.37. The van der Waals surface area contributed by atoms with Crippen molar-refractivity contribution in [3.8, 4) is 6.07 Å². The Morgan fingerprint density at radius 1 is 1.13 bits per heavy atom. The highest BCUT2D eigenvalue weighted by molar-refractivity contribution is 6.39. The quantitative estimate of drug-likeness (QED) is 0.756. The van der Waals surface area contributed by atoms with Gasteiger partial charge in [0.2, 0.25) is 0 Å². The zero-order valence-electron chi connectivity index (χ0n) is 16.7. The van der Waals surface area contributed by atoms with E-state index < -0.39 is 28.9 Å². The Morgan fingerprint density at radius 2 is 1.83 bits per heavy atom. The SMILES string of the molecule is CC(C)(C#N)c1ccc(NC(=O)C(=O)NC2CCN(c3ccc(F)cc3F)C2)cc1. The van der Waals surface area contributed by atoms with Gasteiger partial charge < -0.3 is 15.5 Å². The van der Waals surface area contributed by atoms with E-state index in [1.165, 1.54) is 12.1 Å². The maximum Gasteiger partial charge on any atom is 0.313 e. The van der Waals surface area contributed by atoms with E-state index in [9.17, 15) is 23.6 Å². The van der Waals surface area contributed by atoms with Gasteiger partial charge in [0.1, 0.15) is 11.6 Å². The van der Waals surface area contributed by atoms with Gasteiger partial charge >= 0.3 is 11.8 Å². The van der Waals surface area contributed by atoms with Crippen molar-refractivity contribution in [3.63, 3.8) is 0 Å². The Balaban J connectivity index is 1.55. The molecule has 3 rings (SSSR count). The van der Waals surface area contributed by atoms with Crippen LogP contribution in [0.1, 0.15) is 25.8 Å². The van der Waals surface area contributed by atoms with Crippen molar-refractivity contribution in [1.82, 2.24) is 5.32 Å². The molecule has 0 bridgehead atoms. The third kappa shape index (κ3) is 4.74. The molecule has 0 aliphatic carbocycles. The van der Waals surface area contributed by atoms with Crippen molar-refractivity contribution in [2.75, 3.05) is 23.3 Å². The summed E-state index contributed by atoms with van der Waals surface area (Å²) >= 11 is 0. The van der Waals surface area contributed by atoms with E-state index in [0.29, 0.717) is 25.2 Å². The molecule has 2 aromatic rings. The third-order valence-corrected chi connectivity index (χ3v) is 5.12. The van der Waals surface area contributed by atoms with E-state index in [1.54, 1.807) is 43.0 Å². The number of carbonyl (C=O) groups is 2. The average molecular weight is 412 g/mol. The Morgan fingerprint density at radius 3 is 2.47 bits per heavy atom. The molecule has 1 aliphatic rings. The van der Waals surface area contributed by atoms with Crippen LogP contribution in [0.3, 0.4) is 0 Å². The van der Waals surface area contributed by atoms with Crippen molar-refractivity contribution >= 4 is 23.2 Å². The van der Waals surface area contributed by atoms with Crippen LogP contribution in [0.4, 0.5) is 20.2 Å². The molecule has 1 unspecified atom stereocenters. The maximum atomic E-state index is 13.9. The average Bonchev–Trinajstić information content (AvgIpc) is 3.16. The van der Waals surface area contributed by atoms with Gasteiger partial charge in [-0.25, -0.2) is 8.78 Å². The molecule has 1 heterocycles. The van der Waals surface area contributed by atoms with Gasteiger partial charge in [0.15, 0.2) is 0 Å². The monoisotopic (exact) mass is 412 g/mol. The zero-order valence-corrected chi connectivity index (χ0v) is 16.7. The molecule has 0 aromatic heterocycles. The summed E-state index contributed by atoms with van der Waals surface area (Å²) < 4.78 is 27.0. The number of nitrogens with zero attached hydrogens (tertiary/aromatic N) is 2. The van der Waals surface area contributed by atoms with E-state index in [4.69, 9.17) is 0 Å². The lowest BCUT2D eigenvalue weighted by Crippen LogP contribution is -2.43. The fraction of sp³-hybridized carbons (Fsp3) is 0.318. The highest BCUT2D eigenvalue weighted by Gasteiger charge is 2.28. The predicted molar refractivity (Wildman–Crippen MR) is 109 cm³/mol. The minimum Gasteiger partial charge on any atom is -0.367 e. The van der Waals surface area contributed by atoms with Gasteiger partial charge in [-0.3, -0.25) is 9.59 Å². The molecule has 0 radical (unpaired) electrons. The van der Waals surface area contributed by atoms with Crippen LogP contribution >= 0.6 is 0 Å². The Kier molecular flexibility index (Phi) is 6.01. The molecule has 1 aliphatic heterocycles. The number of halogens is 2. The number of anilines is 2. The van der Waals surface area contributed by atoms with Crippen molar-refractivity contribution in [3.05, 3.63) is 59.7 Å². The number of hydrogen-bond acceptors (Lipinski definition) is 4. The first-order valence-electron chi connectivity index (χ1n) is 9.53. The van der Waals surface area contributed by atoms with Gasteiger partial charge in [-0.15, -0.1) is 0 Å². The van der Waals surface area contributed by atoms with E-state index in [-0.39, 0.29) is 11.7 Å². The molecule has 1 saturated heterocycles. The number of nitrogens with one attached hydrogen (secondary N) is 2. The molecule has 2 aromatic carbocycles. The molecule has 2 N–H and O–H groups in total. The number of benzene rings is 2. The molecular formula is C22H22F2N4O2. The first kappa shape index (κ1) is 21.2. The van der Waals surface area contributed by atoms with Gasteiger partial charge in [0.05, 0.1) is 17.2 Å². The van der Waals surface area contributed by atoms with E-state index in [1.807, 2.05) is 0 Å². The second-order valence-corrected chi connectivity index (χ2v) is 7.77. The van der Waals surface area contributed by atoms with Crippen molar-refractivity contribution in [1.29, 1.82) is 5.26 Å². The molecule has 0 spiro atoms. The predicted octanol–water partition coefficient (Wildman–Crippen LogP) is 3.10. The normalized spacial score (nSPS) is 16.1. The van der Waals surface area contributed by atoms with Crippen molar-refractivity contribution in [2.45, 2.75) is 31.7 Å². The third-order valence-electron chi connectivity index (χ3n) is 5.12. The summed E-state index contributed by atoms with van der Waals surface area (Å²) in [5.74, 6) is -2.92. The fourth-order valence-corrected chi connectivity index (χ4v) is 3.31. The van der Waals surface area contributed by atoms with Crippen molar-refractivity contribution in [2.24, 2.45) is 0 Å². The number of hydrogen-bond donors (Lipinski definition) is 2. The molecular weight excluding hydrogens is 390 g/mol. The molecule has 0 saturated carbocycles. The molecule has 30 heavy (non-hydrogen) atoms. The van der Waals surface area contributed by atoms with E-state index in [0.717, 1.165) is 11.6 Å². The highest BCUT2D eigenvalue weighted by atomic mass is 19.1. The van der Waals surface area contributed by atoms with Gasteiger partial charge in [0, 0.05) is 30.9 Å². The number of rotatable bonds is 4.